The molecule has 0 rings (SSSR count). The van der Waals surface area contributed by atoms with Gasteiger partial charge in [0, 0.05) is 7.05 Å². The van der Waals surface area contributed by atoms with Crippen molar-refractivity contribution in [2.45, 2.75) is 13.3 Å². The first kappa shape index (κ1) is 9.74. The van der Waals surface area contributed by atoms with Gasteiger partial charge in [-0.1, -0.05) is 6.92 Å². The topological polar surface area (TPSA) is 58.6 Å². The molecule has 0 aliphatic rings. The van der Waals surface area contributed by atoms with E-state index in [-0.39, 0.29) is 0 Å². The monoisotopic (exact) mass is 160 g/mol. The van der Waals surface area contributed by atoms with Crippen LogP contribution < -0.4 is 5.32 Å². The summed E-state index contributed by atoms with van der Waals surface area (Å²) in [7, 11) is 1.43. The van der Waals surface area contributed by atoms with Crippen molar-refractivity contribution in [3.05, 3.63) is 0 Å². The molecular formula is C6H12N2O3. The van der Waals surface area contributed by atoms with E-state index in [0.29, 0.717) is 13.0 Å². The van der Waals surface area contributed by atoms with Crippen LogP contribution in [0.15, 0.2) is 0 Å². The zero-order valence-electron chi connectivity index (χ0n) is 6.66. The second-order valence-corrected chi connectivity index (χ2v) is 1.87. The van der Waals surface area contributed by atoms with E-state index in [4.69, 9.17) is 0 Å². The standard InChI is InChI=1S/C6H12N2O3/c1-3-4-8(5-9)11-6(10)7-2/h5H,3-4H2,1-2H3,(H,7,10). The highest BCUT2D eigenvalue weighted by molar-refractivity contribution is 5.67. The third kappa shape index (κ3) is 4.19. The minimum absolute atomic E-state index is 0.414. The first-order chi connectivity index (χ1) is 5.24. The molecule has 5 nitrogen and oxygen atoms in total. The van der Waals surface area contributed by atoms with Crippen molar-refractivity contribution in [3.63, 3.8) is 0 Å². The molecule has 0 radical (unpaired) electrons. The predicted octanol–water partition coefficient (Wildman–Crippen LogP) is 0.126. The van der Waals surface area contributed by atoms with Crippen LogP contribution >= 0.6 is 0 Å². The number of rotatable bonds is 4. The second-order valence-electron chi connectivity index (χ2n) is 1.87. The quantitative estimate of drug-likeness (QED) is 0.469. The van der Waals surface area contributed by atoms with Gasteiger partial charge in [-0.3, -0.25) is 4.79 Å². The SMILES string of the molecule is CCCN(C=O)OC(=O)NC. The third-order valence-corrected chi connectivity index (χ3v) is 0.966. The fourth-order valence-corrected chi connectivity index (χ4v) is 0.492. The Morgan fingerprint density at radius 1 is 1.73 bits per heavy atom. The van der Waals surface area contributed by atoms with Crippen LogP contribution in [-0.4, -0.2) is 31.2 Å². The molecule has 2 amide bonds. The molecule has 0 aromatic carbocycles. The lowest BCUT2D eigenvalue weighted by molar-refractivity contribution is -0.150. The van der Waals surface area contributed by atoms with Crippen molar-refractivity contribution in [1.82, 2.24) is 10.4 Å². The van der Waals surface area contributed by atoms with Crippen LogP contribution in [0, 0.1) is 0 Å². The minimum atomic E-state index is -0.634. The Balaban J connectivity index is 3.67. The number of amides is 2. The van der Waals surface area contributed by atoms with Crippen LogP contribution in [0.5, 0.6) is 0 Å². The van der Waals surface area contributed by atoms with Gasteiger partial charge in [0.05, 0.1) is 6.54 Å². The lowest BCUT2D eigenvalue weighted by Crippen LogP contribution is -2.31. The van der Waals surface area contributed by atoms with E-state index in [1.807, 2.05) is 6.92 Å². The third-order valence-electron chi connectivity index (χ3n) is 0.966. The first-order valence-corrected chi connectivity index (χ1v) is 3.36. The lowest BCUT2D eigenvalue weighted by atomic mass is 10.5. The van der Waals surface area contributed by atoms with Gasteiger partial charge >= 0.3 is 6.09 Å². The molecule has 0 atom stereocenters. The van der Waals surface area contributed by atoms with E-state index in [9.17, 15) is 9.59 Å². The molecule has 0 heterocycles. The van der Waals surface area contributed by atoms with E-state index >= 15 is 0 Å². The largest absolute Gasteiger partial charge is 0.431 e. The molecule has 0 aliphatic carbocycles. The molecule has 5 heteroatoms. The molecule has 0 spiro atoms. The molecule has 11 heavy (non-hydrogen) atoms. The summed E-state index contributed by atoms with van der Waals surface area (Å²) in [6, 6.07) is 0. The Morgan fingerprint density at radius 3 is 2.73 bits per heavy atom. The summed E-state index contributed by atoms with van der Waals surface area (Å²) in [4.78, 5) is 25.2. The van der Waals surface area contributed by atoms with Gasteiger partial charge in [0.1, 0.15) is 0 Å². The molecule has 0 aliphatic heterocycles. The normalized spacial score (nSPS) is 8.55. The van der Waals surface area contributed by atoms with E-state index in [1.165, 1.54) is 7.05 Å². The molecule has 0 saturated heterocycles. The Kier molecular flexibility index (Phi) is 4.89. The number of hydrogen-bond donors (Lipinski definition) is 1. The Hall–Kier alpha value is -1.26. The van der Waals surface area contributed by atoms with Gasteiger partial charge in [-0.25, -0.2) is 4.79 Å². The maximum Gasteiger partial charge on any atom is 0.431 e. The molecule has 0 unspecified atom stereocenters. The Bertz CT molecular complexity index is 138. The molecule has 0 fully saturated rings. The van der Waals surface area contributed by atoms with E-state index in [0.717, 1.165) is 11.5 Å². The number of nitrogens with zero attached hydrogens (tertiary/aromatic N) is 1. The van der Waals surface area contributed by atoms with Crippen LogP contribution in [0.1, 0.15) is 13.3 Å². The molecule has 0 aromatic heterocycles. The molecule has 1 N–H and O–H groups in total. The smallest absolute Gasteiger partial charge is 0.323 e. The van der Waals surface area contributed by atoms with E-state index < -0.39 is 6.09 Å². The fraction of sp³-hybridized carbons (Fsp3) is 0.667. The number of hydrogen-bond acceptors (Lipinski definition) is 3. The summed E-state index contributed by atoms with van der Waals surface area (Å²) in [6.45, 7) is 2.29. The van der Waals surface area contributed by atoms with E-state index in [1.54, 1.807) is 0 Å². The second kappa shape index (κ2) is 5.52. The number of carbonyl (C=O) groups excluding carboxylic acids is 2. The van der Waals surface area contributed by atoms with Gasteiger partial charge in [0.25, 0.3) is 0 Å². The summed E-state index contributed by atoms with van der Waals surface area (Å²) >= 11 is 0. The maximum atomic E-state index is 10.5. The zero-order chi connectivity index (χ0) is 8.69. The number of hydroxylamine groups is 2. The Morgan fingerprint density at radius 2 is 2.36 bits per heavy atom. The summed E-state index contributed by atoms with van der Waals surface area (Å²) in [5, 5.41) is 3.17. The van der Waals surface area contributed by atoms with Gasteiger partial charge in [-0.2, -0.15) is 5.06 Å². The van der Waals surface area contributed by atoms with Crippen molar-refractivity contribution in [2.24, 2.45) is 0 Å². The number of carbonyl (C=O) groups is 2. The molecule has 0 bridgehead atoms. The molecule has 0 saturated carbocycles. The van der Waals surface area contributed by atoms with Crippen LogP contribution in [0.4, 0.5) is 4.79 Å². The van der Waals surface area contributed by atoms with Crippen molar-refractivity contribution >= 4 is 12.5 Å². The van der Waals surface area contributed by atoms with Crippen molar-refractivity contribution < 1.29 is 14.4 Å². The highest BCUT2D eigenvalue weighted by Gasteiger charge is 2.05. The van der Waals surface area contributed by atoms with Gasteiger partial charge in [0.2, 0.25) is 6.41 Å². The highest BCUT2D eigenvalue weighted by atomic mass is 16.7. The molecule has 64 valence electrons. The summed E-state index contributed by atoms with van der Waals surface area (Å²) in [5.41, 5.74) is 0. The van der Waals surface area contributed by atoms with Crippen LogP contribution in [0.3, 0.4) is 0 Å². The van der Waals surface area contributed by atoms with Gasteiger partial charge in [0.15, 0.2) is 0 Å². The summed E-state index contributed by atoms with van der Waals surface area (Å²) < 4.78 is 0. The maximum absolute atomic E-state index is 10.5. The number of nitrogens with one attached hydrogen (secondary N) is 1. The Labute approximate surface area is 65.3 Å². The first-order valence-electron chi connectivity index (χ1n) is 3.36. The molecule has 0 aromatic rings. The van der Waals surface area contributed by atoms with Gasteiger partial charge in [-0.15, -0.1) is 0 Å². The molecular weight excluding hydrogens is 148 g/mol. The van der Waals surface area contributed by atoms with Crippen molar-refractivity contribution in [3.8, 4) is 0 Å². The fourth-order valence-electron chi connectivity index (χ4n) is 0.492. The zero-order valence-corrected chi connectivity index (χ0v) is 6.66. The van der Waals surface area contributed by atoms with Crippen LogP contribution in [0.2, 0.25) is 0 Å². The average Bonchev–Trinajstić information content (AvgIpc) is 2.03. The van der Waals surface area contributed by atoms with Crippen molar-refractivity contribution in [1.29, 1.82) is 0 Å². The van der Waals surface area contributed by atoms with Crippen molar-refractivity contribution in [2.75, 3.05) is 13.6 Å². The van der Waals surface area contributed by atoms with Crippen LogP contribution in [0.25, 0.3) is 0 Å². The predicted molar refractivity (Wildman–Crippen MR) is 38.6 cm³/mol. The summed E-state index contributed by atoms with van der Waals surface area (Å²) in [5.74, 6) is 0. The van der Waals surface area contributed by atoms with Gasteiger partial charge < -0.3 is 10.2 Å². The van der Waals surface area contributed by atoms with Gasteiger partial charge in [-0.05, 0) is 6.42 Å². The van der Waals surface area contributed by atoms with E-state index in [2.05, 4.69) is 10.2 Å². The average molecular weight is 160 g/mol. The minimum Gasteiger partial charge on any atom is -0.323 e. The lowest BCUT2D eigenvalue weighted by Gasteiger charge is -2.13. The summed E-state index contributed by atoms with van der Waals surface area (Å²) in [6.07, 6.45) is 0.583. The highest BCUT2D eigenvalue weighted by Crippen LogP contribution is 1.88. The van der Waals surface area contributed by atoms with Crippen LogP contribution in [-0.2, 0) is 9.63 Å².